The van der Waals surface area contributed by atoms with Crippen molar-refractivity contribution in [1.82, 2.24) is 15.0 Å². The second kappa shape index (κ2) is 8.13. The summed E-state index contributed by atoms with van der Waals surface area (Å²) in [6.45, 7) is 5.52. The van der Waals surface area contributed by atoms with Gasteiger partial charge in [0.15, 0.2) is 0 Å². The predicted octanol–water partition coefficient (Wildman–Crippen LogP) is 4.99. The van der Waals surface area contributed by atoms with E-state index in [1.165, 1.54) is 11.1 Å². The van der Waals surface area contributed by atoms with Crippen molar-refractivity contribution in [3.63, 3.8) is 0 Å². The molecule has 1 heterocycles. The molecule has 0 saturated carbocycles. The molecule has 0 radical (unpaired) electrons. The van der Waals surface area contributed by atoms with Crippen LogP contribution in [0.1, 0.15) is 25.0 Å². The summed E-state index contributed by atoms with van der Waals surface area (Å²) in [4.78, 5) is 1.68. The van der Waals surface area contributed by atoms with Gasteiger partial charge in [-0.3, -0.25) is 0 Å². The molecule has 0 bridgehead atoms. The quantitative estimate of drug-likeness (QED) is 0.496. The van der Waals surface area contributed by atoms with E-state index in [0.29, 0.717) is 6.61 Å². The van der Waals surface area contributed by atoms with Gasteiger partial charge in [0.05, 0.1) is 12.3 Å². The van der Waals surface area contributed by atoms with Gasteiger partial charge < -0.3 is 10.1 Å². The minimum Gasteiger partial charge on any atom is -0.494 e. The molecule has 142 valence electrons. The van der Waals surface area contributed by atoms with Gasteiger partial charge in [-0.2, -0.15) is 0 Å². The SMILES string of the molecule is CCOc1ccc2nn(-c3ccccc3NCc3ccc(CC)cc3)nc2c1. The van der Waals surface area contributed by atoms with Gasteiger partial charge in [-0.1, -0.05) is 43.3 Å². The molecule has 0 fully saturated rings. The van der Waals surface area contributed by atoms with Crippen LogP contribution in [0.4, 0.5) is 5.69 Å². The minimum atomic E-state index is 0.631. The Labute approximate surface area is 165 Å². The highest BCUT2D eigenvalue weighted by Crippen LogP contribution is 2.23. The van der Waals surface area contributed by atoms with Crippen LogP contribution in [0.5, 0.6) is 5.75 Å². The smallest absolute Gasteiger partial charge is 0.121 e. The van der Waals surface area contributed by atoms with Crippen molar-refractivity contribution in [3.8, 4) is 11.4 Å². The van der Waals surface area contributed by atoms with E-state index in [0.717, 1.165) is 41.1 Å². The zero-order chi connectivity index (χ0) is 19.3. The molecular formula is C23H24N4O. The number of hydrogen-bond donors (Lipinski definition) is 1. The van der Waals surface area contributed by atoms with Gasteiger partial charge in [0.2, 0.25) is 0 Å². The summed E-state index contributed by atoms with van der Waals surface area (Å²) in [5, 5.41) is 12.8. The number of aromatic nitrogens is 3. The first-order chi connectivity index (χ1) is 13.8. The summed E-state index contributed by atoms with van der Waals surface area (Å²) < 4.78 is 5.57. The minimum absolute atomic E-state index is 0.631. The summed E-state index contributed by atoms with van der Waals surface area (Å²) in [6.07, 6.45) is 1.06. The average molecular weight is 372 g/mol. The number of ether oxygens (including phenoxy) is 1. The van der Waals surface area contributed by atoms with Crippen molar-refractivity contribution in [3.05, 3.63) is 77.9 Å². The zero-order valence-corrected chi connectivity index (χ0v) is 16.2. The molecule has 0 aliphatic rings. The highest BCUT2D eigenvalue weighted by Gasteiger charge is 2.10. The Bertz CT molecular complexity index is 1070. The standard InChI is InChI=1S/C23H24N4O/c1-3-17-9-11-18(12-10-17)16-24-21-7-5-6-8-23(21)27-25-20-14-13-19(28-4-2)15-22(20)26-27/h5-15,24H,3-4,16H2,1-2H3. The third kappa shape index (κ3) is 3.83. The molecule has 0 amide bonds. The van der Waals surface area contributed by atoms with Crippen LogP contribution in [0.2, 0.25) is 0 Å². The summed E-state index contributed by atoms with van der Waals surface area (Å²) in [6, 6.07) is 22.6. The maximum Gasteiger partial charge on any atom is 0.121 e. The topological polar surface area (TPSA) is 52.0 Å². The van der Waals surface area contributed by atoms with Gasteiger partial charge >= 0.3 is 0 Å². The van der Waals surface area contributed by atoms with E-state index in [2.05, 4.69) is 52.8 Å². The number of hydrogen-bond acceptors (Lipinski definition) is 4. The van der Waals surface area contributed by atoms with Gasteiger partial charge in [0.25, 0.3) is 0 Å². The molecule has 0 aliphatic carbocycles. The van der Waals surface area contributed by atoms with Crippen LogP contribution in [0.25, 0.3) is 16.7 Å². The molecule has 28 heavy (non-hydrogen) atoms. The third-order valence-corrected chi connectivity index (χ3v) is 4.70. The number of benzene rings is 3. The third-order valence-electron chi connectivity index (χ3n) is 4.70. The Morgan fingerprint density at radius 2 is 1.61 bits per heavy atom. The molecule has 3 aromatic carbocycles. The number of rotatable bonds is 7. The largest absolute Gasteiger partial charge is 0.494 e. The van der Waals surface area contributed by atoms with Gasteiger partial charge in [0, 0.05) is 12.6 Å². The molecule has 0 spiro atoms. The Morgan fingerprint density at radius 3 is 2.39 bits per heavy atom. The monoisotopic (exact) mass is 372 g/mol. The van der Waals surface area contributed by atoms with E-state index in [9.17, 15) is 0 Å². The Hall–Kier alpha value is -3.34. The fourth-order valence-electron chi connectivity index (χ4n) is 3.15. The maximum atomic E-state index is 5.57. The number of para-hydroxylation sites is 2. The fraction of sp³-hybridized carbons (Fsp3) is 0.217. The first-order valence-corrected chi connectivity index (χ1v) is 9.68. The second-order valence-corrected chi connectivity index (χ2v) is 6.61. The predicted molar refractivity (Wildman–Crippen MR) is 113 cm³/mol. The van der Waals surface area contributed by atoms with Crippen LogP contribution in [-0.4, -0.2) is 21.6 Å². The number of fused-ring (bicyclic) bond motifs is 1. The highest BCUT2D eigenvalue weighted by molar-refractivity contribution is 5.76. The zero-order valence-electron chi connectivity index (χ0n) is 16.2. The normalized spacial score (nSPS) is 10.9. The van der Waals surface area contributed by atoms with E-state index < -0.39 is 0 Å². The Morgan fingerprint density at radius 1 is 0.857 bits per heavy atom. The molecule has 0 atom stereocenters. The van der Waals surface area contributed by atoms with Crippen molar-refractivity contribution >= 4 is 16.7 Å². The molecule has 5 heteroatoms. The lowest BCUT2D eigenvalue weighted by Gasteiger charge is -2.11. The molecule has 0 saturated heterocycles. The van der Waals surface area contributed by atoms with E-state index in [4.69, 9.17) is 4.74 Å². The second-order valence-electron chi connectivity index (χ2n) is 6.61. The molecule has 1 aromatic heterocycles. The molecular weight excluding hydrogens is 348 g/mol. The van der Waals surface area contributed by atoms with Crippen LogP contribution in [0.3, 0.4) is 0 Å². The van der Waals surface area contributed by atoms with Crippen molar-refractivity contribution < 1.29 is 4.74 Å². The number of nitrogens with one attached hydrogen (secondary N) is 1. The van der Waals surface area contributed by atoms with Gasteiger partial charge in [-0.05, 0) is 48.7 Å². The van der Waals surface area contributed by atoms with Crippen LogP contribution < -0.4 is 10.1 Å². The van der Waals surface area contributed by atoms with Gasteiger partial charge in [-0.25, -0.2) is 0 Å². The lowest BCUT2D eigenvalue weighted by molar-refractivity contribution is 0.340. The van der Waals surface area contributed by atoms with E-state index >= 15 is 0 Å². The molecule has 0 aliphatic heterocycles. The van der Waals surface area contributed by atoms with E-state index in [1.807, 2.05) is 43.3 Å². The van der Waals surface area contributed by atoms with Crippen LogP contribution in [0.15, 0.2) is 66.7 Å². The summed E-state index contributed by atoms with van der Waals surface area (Å²) in [5.41, 5.74) is 6.16. The van der Waals surface area contributed by atoms with Crippen molar-refractivity contribution in [2.24, 2.45) is 0 Å². The lowest BCUT2D eigenvalue weighted by Crippen LogP contribution is -2.06. The maximum absolute atomic E-state index is 5.57. The molecule has 5 nitrogen and oxygen atoms in total. The van der Waals surface area contributed by atoms with Crippen molar-refractivity contribution in [1.29, 1.82) is 0 Å². The first-order valence-electron chi connectivity index (χ1n) is 9.68. The molecule has 0 unspecified atom stereocenters. The fourth-order valence-corrected chi connectivity index (χ4v) is 3.15. The Balaban J connectivity index is 1.59. The Kier molecular flexibility index (Phi) is 5.24. The summed E-state index contributed by atoms with van der Waals surface area (Å²) in [7, 11) is 0. The first kappa shape index (κ1) is 18.0. The number of aryl methyl sites for hydroxylation is 1. The van der Waals surface area contributed by atoms with Crippen LogP contribution >= 0.6 is 0 Å². The van der Waals surface area contributed by atoms with Gasteiger partial charge in [-0.15, -0.1) is 15.0 Å². The lowest BCUT2D eigenvalue weighted by atomic mass is 10.1. The number of nitrogens with zero attached hydrogens (tertiary/aromatic N) is 3. The summed E-state index contributed by atoms with van der Waals surface area (Å²) >= 11 is 0. The van der Waals surface area contributed by atoms with Crippen LogP contribution in [0, 0.1) is 0 Å². The number of anilines is 1. The molecule has 4 rings (SSSR count). The summed E-state index contributed by atoms with van der Waals surface area (Å²) in [5.74, 6) is 0.809. The van der Waals surface area contributed by atoms with Crippen molar-refractivity contribution in [2.75, 3.05) is 11.9 Å². The highest BCUT2D eigenvalue weighted by atomic mass is 16.5. The molecule has 1 N–H and O–H groups in total. The van der Waals surface area contributed by atoms with Gasteiger partial charge in [0.1, 0.15) is 22.5 Å². The van der Waals surface area contributed by atoms with E-state index in [1.54, 1.807) is 4.80 Å². The van der Waals surface area contributed by atoms with E-state index in [-0.39, 0.29) is 0 Å². The van der Waals surface area contributed by atoms with Crippen LogP contribution in [-0.2, 0) is 13.0 Å². The van der Waals surface area contributed by atoms with Crippen molar-refractivity contribution in [2.45, 2.75) is 26.8 Å². The average Bonchev–Trinajstić information content (AvgIpc) is 3.16. The molecule has 4 aromatic rings.